The topological polar surface area (TPSA) is 110 Å². The molecule has 4 aromatic rings. The Morgan fingerprint density at radius 2 is 1.53 bits per heavy atom. The van der Waals surface area contributed by atoms with Crippen LogP contribution in [0.1, 0.15) is 22.0 Å². The lowest BCUT2D eigenvalue weighted by atomic mass is 10.0. The van der Waals surface area contributed by atoms with Crippen LogP contribution < -0.4 is 16.4 Å². The highest BCUT2D eigenvalue weighted by atomic mass is 16.2. The van der Waals surface area contributed by atoms with Crippen LogP contribution >= 0.6 is 0 Å². The summed E-state index contributed by atoms with van der Waals surface area (Å²) < 4.78 is 0. The molecule has 2 aromatic carbocycles. The van der Waals surface area contributed by atoms with Gasteiger partial charge in [0.1, 0.15) is 6.04 Å². The number of carbonyl (C=O) groups is 2. The molecule has 1 unspecified atom stereocenters. The third-order valence-corrected chi connectivity index (χ3v) is 4.68. The van der Waals surface area contributed by atoms with E-state index >= 15 is 0 Å². The number of nitrogens with two attached hydrogens (primary N) is 1. The van der Waals surface area contributed by atoms with Crippen molar-refractivity contribution < 1.29 is 9.59 Å². The van der Waals surface area contributed by atoms with Gasteiger partial charge >= 0.3 is 0 Å². The highest BCUT2D eigenvalue weighted by Gasteiger charge is 2.18. The largest absolute Gasteiger partial charge is 0.370 e. The number of amides is 2. The van der Waals surface area contributed by atoms with E-state index in [1.54, 1.807) is 61.2 Å². The molecule has 4 N–H and O–H groups in total. The van der Waals surface area contributed by atoms with E-state index in [4.69, 9.17) is 5.73 Å². The van der Waals surface area contributed by atoms with Crippen LogP contribution in [0.4, 0.5) is 11.4 Å². The summed E-state index contributed by atoms with van der Waals surface area (Å²) in [4.78, 5) is 32.5. The molecule has 2 heterocycles. The molecule has 2 aromatic heterocycles. The van der Waals surface area contributed by atoms with Crippen LogP contribution in [0.5, 0.6) is 0 Å². The Labute approximate surface area is 173 Å². The first-order valence-electron chi connectivity index (χ1n) is 9.31. The Morgan fingerprint density at radius 1 is 0.800 bits per heavy atom. The van der Waals surface area contributed by atoms with Crippen molar-refractivity contribution in [2.75, 3.05) is 10.6 Å². The lowest BCUT2D eigenvalue weighted by Crippen LogP contribution is -2.27. The molecule has 0 saturated carbocycles. The van der Waals surface area contributed by atoms with Crippen molar-refractivity contribution in [1.82, 2.24) is 9.97 Å². The number of rotatable bonds is 6. The lowest BCUT2D eigenvalue weighted by Gasteiger charge is -2.18. The van der Waals surface area contributed by atoms with Crippen molar-refractivity contribution in [1.29, 1.82) is 0 Å². The number of primary amides is 1. The average molecular weight is 397 g/mol. The molecule has 148 valence electrons. The minimum Gasteiger partial charge on any atom is -0.370 e. The van der Waals surface area contributed by atoms with E-state index in [0.717, 1.165) is 16.3 Å². The third-order valence-electron chi connectivity index (χ3n) is 4.68. The van der Waals surface area contributed by atoms with Crippen LogP contribution in [-0.4, -0.2) is 21.8 Å². The van der Waals surface area contributed by atoms with Gasteiger partial charge in [-0.3, -0.25) is 19.6 Å². The summed E-state index contributed by atoms with van der Waals surface area (Å²) in [5, 5.41) is 7.90. The summed E-state index contributed by atoms with van der Waals surface area (Å²) in [6.45, 7) is 0. The number of nitrogens with zero attached hydrogens (tertiary/aromatic N) is 2. The summed E-state index contributed by atoms with van der Waals surface area (Å²) in [7, 11) is 0. The van der Waals surface area contributed by atoms with E-state index in [2.05, 4.69) is 20.6 Å². The molecule has 0 aliphatic rings. The smallest absolute Gasteiger partial charge is 0.255 e. The van der Waals surface area contributed by atoms with Gasteiger partial charge in [0, 0.05) is 47.1 Å². The molecule has 0 radical (unpaired) electrons. The number of fused-ring (bicyclic) bond motifs is 1. The van der Waals surface area contributed by atoms with Crippen molar-refractivity contribution >= 4 is 34.0 Å². The summed E-state index contributed by atoms with van der Waals surface area (Å²) in [6.07, 6.45) is 6.68. The standard InChI is InChI=1S/C23H19N5O2/c24-22(29)21(17-1-2-18-14-26-10-7-16(18)13-17)27-19-5-3-15(4-6-19)23(30)28-20-8-11-25-12-9-20/h1-14,21,27H,(H2,24,29)(H,25,28,30). The summed E-state index contributed by atoms with van der Waals surface area (Å²) in [5.41, 5.74) is 8.22. The molecule has 30 heavy (non-hydrogen) atoms. The van der Waals surface area contributed by atoms with Crippen molar-refractivity contribution in [3.8, 4) is 0 Å². The normalized spacial score (nSPS) is 11.6. The predicted molar refractivity (Wildman–Crippen MR) is 116 cm³/mol. The number of benzene rings is 2. The molecular formula is C23H19N5O2. The van der Waals surface area contributed by atoms with Crippen molar-refractivity contribution in [3.05, 3.63) is 96.6 Å². The van der Waals surface area contributed by atoms with Crippen LogP contribution in [0.3, 0.4) is 0 Å². The lowest BCUT2D eigenvalue weighted by molar-refractivity contribution is -0.118. The molecule has 0 spiro atoms. The van der Waals surface area contributed by atoms with E-state index in [1.807, 2.05) is 24.3 Å². The molecule has 4 rings (SSSR count). The average Bonchev–Trinajstić information content (AvgIpc) is 2.78. The van der Waals surface area contributed by atoms with E-state index < -0.39 is 11.9 Å². The van der Waals surface area contributed by atoms with E-state index in [9.17, 15) is 9.59 Å². The monoisotopic (exact) mass is 397 g/mol. The van der Waals surface area contributed by atoms with Crippen molar-refractivity contribution in [2.45, 2.75) is 6.04 Å². The second-order valence-electron chi connectivity index (χ2n) is 6.73. The van der Waals surface area contributed by atoms with E-state index in [0.29, 0.717) is 16.9 Å². The predicted octanol–water partition coefficient (Wildman–Crippen LogP) is 3.52. The van der Waals surface area contributed by atoms with Gasteiger partial charge in [0.05, 0.1) is 0 Å². The first kappa shape index (κ1) is 19.1. The first-order chi connectivity index (χ1) is 14.6. The maximum Gasteiger partial charge on any atom is 0.255 e. The van der Waals surface area contributed by atoms with Gasteiger partial charge in [0.2, 0.25) is 5.91 Å². The highest BCUT2D eigenvalue weighted by molar-refractivity contribution is 6.04. The third kappa shape index (κ3) is 4.25. The number of aromatic nitrogens is 2. The minimum absolute atomic E-state index is 0.234. The number of carbonyl (C=O) groups excluding carboxylic acids is 2. The molecule has 0 fully saturated rings. The van der Waals surface area contributed by atoms with Crippen LogP contribution in [0, 0.1) is 0 Å². The SMILES string of the molecule is NC(=O)C(Nc1ccc(C(=O)Nc2ccncc2)cc1)c1ccc2cnccc2c1. The van der Waals surface area contributed by atoms with Gasteiger partial charge in [-0.2, -0.15) is 0 Å². The fourth-order valence-electron chi connectivity index (χ4n) is 3.12. The number of nitrogens with one attached hydrogen (secondary N) is 2. The van der Waals surface area contributed by atoms with E-state index in [-0.39, 0.29) is 5.91 Å². The molecule has 7 nitrogen and oxygen atoms in total. The summed E-state index contributed by atoms with van der Waals surface area (Å²) in [6, 6.07) is 17.1. The van der Waals surface area contributed by atoms with Gasteiger partial charge in [0.25, 0.3) is 5.91 Å². The summed E-state index contributed by atoms with van der Waals surface area (Å²) in [5.74, 6) is -0.731. The molecular weight excluding hydrogens is 378 g/mol. The zero-order valence-electron chi connectivity index (χ0n) is 15.9. The van der Waals surface area contributed by atoms with Crippen LogP contribution in [0.2, 0.25) is 0 Å². The Bertz CT molecular complexity index is 1190. The van der Waals surface area contributed by atoms with Gasteiger partial charge in [-0.15, -0.1) is 0 Å². The second kappa shape index (κ2) is 8.40. The van der Waals surface area contributed by atoms with Crippen molar-refractivity contribution in [2.24, 2.45) is 5.73 Å². The quantitative estimate of drug-likeness (QED) is 0.461. The minimum atomic E-state index is -0.709. The van der Waals surface area contributed by atoms with Gasteiger partial charge in [-0.1, -0.05) is 12.1 Å². The molecule has 2 amide bonds. The number of pyridine rings is 2. The number of hydrogen-bond donors (Lipinski definition) is 3. The molecule has 0 saturated heterocycles. The number of hydrogen-bond acceptors (Lipinski definition) is 5. The molecule has 0 bridgehead atoms. The van der Waals surface area contributed by atoms with Crippen LogP contribution in [0.15, 0.2) is 85.5 Å². The maximum absolute atomic E-state index is 12.4. The Balaban J connectivity index is 1.51. The first-order valence-corrected chi connectivity index (χ1v) is 9.31. The fraction of sp³-hybridized carbons (Fsp3) is 0.0435. The van der Waals surface area contributed by atoms with E-state index in [1.165, 1.54) is 0 Å². The van der Waals surface area contributed by atoms with Crippen molar-refractivity contribution in [3.63, 3.8) is 0 Å². The Morgan fingerprint density at radius 3 is 2.27 bits per heavy atom. The molecule has 0 aliphatic carbocycles. The Kier molecular flexibility index (Phi) is 5.34. The zero-order chi connectivity index (χ0) is 20.9. The van der Waals surface area contributed by atoms with Gasteiger partial charge in [-0.05, 0) is 59.5 Å². The zero-order valence-corrected chi connectivity index (χ0v) is 15.9. The highest BCUT2D eigenvalue weighted by Crippen LogP contribution is 2.24. The second-order valence-corrected chi connectivity index (χ2v) is 6.73. The van der Waals surface area contributed by atoms with Crippen LogP contribution in [0.25, 0.3) is 10.8 Å². The maximum atomic E-state index is 12.4. The molecule has 0 aliphatic heterocycles. The van der Waals surface area contributed by atoms with Gasteiger partial charge in [0.15, 0.2) is 0 Å². The summed E-state index contributed by atoms with van der Waals surface area (Å²) >= 11 is 0. The van der Waals surface area contributed by atoms with Gasteiger partial charge in [-0.25, -0.2) is 0 Å². The molecule has 7 heteroatoms. The molecule has 1 atom stereocenters. The Hall–Kier alpha value is -4.26. The fourth-order valence-corrected chi connectivity index (χ4v) is 3.12. The van der Waals surface area contributed by atoms with Gasteiger partial charge < -0.3 is 16.4 Å². The number of anilines is 2. The van der Waals surface area contributed by atoms with Crippen LogP contribution in [-0.2, 0) is 4.79 Å².